The minimum absolute atomic E-state index is 0.307. The highest BCUT2D eigenvalue weighted by Crippen LogP contribution is 2.26. The second-order valence-electron chi connectivity index (χ2n) is 4.85. The SMILES string of the molecule is CC(C=O)(Cc1ccc(F)cc1)c1ccc(F)cc1. The fourth-order valence-corrected chi connectivity index (χ4v) is 2.07. The van der Waals surface area contributed by atoms with Gasteiger partial charge in [-0.2, -0.15) is 0 Å². The van der Waals surface area contributed by atoms with Gasteiger partial charge in [-0.25, -0.2) is 8.78 Å². The van der Waals surface area contributed by atoms with Gasteiger partial charge in [0.05, 0.1) is 5.41 Å². The zero-order valence-corrected chi connectivity index (χ0v) is 10.6. The van der Waals surface area contributed by atoms with Crippen molar-refractivity contribution in [3.8, 4) is 0 Å². The Morgan fingerprint density at radius 1 is 0.947 bits per heavy atom. The molecule has 0 aliphatic heterocycles. The molecule has 0 saturated heterocycles. The third-order valence-electron chi connectivity index (χ3n) is 3.25. The van der Waals surface area contributed by atoms with Gasteiger partial charge in [0, 0.05) is 0 Å². The number of rotatable bonds is 4. The minimum atomic E-state index is -0.745. The van der Waals surface area contributed by atoms with Crippen molar-refractivity contribution in [3.63, 3.8) is 0 Å². The number of carbonyl (C=O) groups excluding carboxylic acids is 1. The topological polar surface area (TPSA) is 17.1 Å². The molecule has 3 heteroatoms. The van der Waals surface area contributed by atoms with Gasteiger partial charge in [-0.3, -0.25) is 0 Å². The van der Waals surface area contributed by atoms with E-state index in [1.165, 1.54) is 24.3 Å². The first-order valence-electron chi connectivity index (χ1n) is 6.00. The molecule has 98 valence electrons. The van der Waals surface area contributed by atoms with Crippen LogP contribution in [-0.2, 0) is 16.6 Å². The molecular weight excluding hydrogens is 246 g/mol. The first kappa shape index (κ1) is 13.4. The molecule has 1 atom stereocenters. The van der Waals surface area contributed by atoms with Crippen molar-refractivity contribution < 1.29 is 13.6 Å². The molecule has 19 heavy (non-hydrogen) atoms. The molecule has 0 spiro atoms. The van der Waals surface area contributed by atoms with Crippen LogP contribution in [0.4, 0.5) is 8.78 Å². The molecular formula is C16H14F2O. The average molecular weight is 260 g/mol. The van der Waals surface area contributed by atoms with E-state index in [0.717, 1.165) is 17.4 Å². The highest BCUT2D eigenvalue weighted by Gasteiger charge is 2.26. The lowest BCUT2D eigenvalue weighted by molar-refractivity contribution is -0.112. The highest BCUT2D eigenvalue weighted by molar-refractivity contribution is 5.68. The molecule has 0 amide bonds. The van der Waals surface area contributed by atoms with Gasteiger partial charge >= 0.3 is 0 Å². The maximum absolute atomic E-state index is 12.9. The number of hydrogen-bond donors (Lipinski definition) is 0. The predicted octanol–water partition coefficient (Wildman–Crippen LogP) is 3.66. The quantitative estimate of drug-likeness (QED) is 0.767. The van der Waals surface area contributed by atoms with Gasteiger partial charge in [-0.15, -0.1) is 0 Å². The molecule has 0 N–H and O–H groups in total. The molecule has 0 saturated carbocycles. The Morgan fingerprint density at radius 2 is 1.42 bits per heavy atom. The summed E-state index contributed by atoms with van der Waals surface area (Å²) in [5.41, 5.74) is 0.861. The number of hydrogen-bond acceptors (Lipinski definition) is 1. The molecule has 2 rings (SSSR count). The summed E-state index contributed by atoms with van der Waals surface area (Å²) in [4.78, 5) is 11.4. The molecule has 0 aliphatic carbocycles. The maximum Gasteiger partial charge on any atom is 0.130 e. The van der Waals surface area contributed by atoms with Gasteiger partial charge < -0.3 is 4.79 Å². The van der Waals surface area contributed by atoms with Gasteiger partial charge in [0.2, 0.25) is 0 Å². The monoisotopic (exact) mass is 260 g/mol. The summed E-state index contributed by atoms with van der Waals surface area (Å²) < 4.78 is 25.8. The van der Waals surface area contributed by atoms with E-state index in [0.29, 0.717) is 6.42 Å². The summed E-state index contributed by atoms with van der Waals surface area (Å²) in [7, 11) is 0. The summed E-state index contributed by atoms with van der Waals surface area (Å²) in [6.45, 7) is 1.79. The smallest absolute Gasteiger partial charge is 0.130 e. The van der Waals surface area contributed by atoms with Crippen molar-refractivity contribution in [1.29, 1.82) is 0 Å². The van der Waals surface area contributed by atoms with Crippen molar-refractivity contribution in [2.45, 2.75) is 18.8 Å². The van der Waals surface area contributed by atoms with Crippen LogP contribution in [0.15, 0.2) is 48.5 Å². The third-order valence-corrected chi connectivity index (χ3v) is 3.25. The Balaban J connectivity index is 2.29. The van der Waals surface area contributed by atoms with Crippen molar-refractivity contribution in [1.82, 2.24) is 0 Å². The molecule has 0 fully saturated rings. The fraction of sp³-hybridized carbons (Fsp3) is 0.188. The summed E-state index contributed by atoms with van der Waals surface area (Å²) in [5, 5.41) is 0. The normalized spacial score (nSPS) is 13.8. The second kappa shape index (κ2) is 5.31. The van der Waals surface area contributed by atoms with Crippen molar-refractivity contribution >= 4 is 6.29 Å². The van der Waals surface area contributed by atoms with E-state index in [-0.39, 0.29) is 11.6 Å². The van der Waals surface area contributed by atoms with Gasteiger partial charge in [0.1, 0.15) is 17.9 Å². The molecule has 0 aliphatic rings. The number of aldehydes is 1. The third kappa shape index (κ3) is 3.05. The molecule has 2 aromatic carbocycles. The first-order valence-corrected chi connectivity index (χ1v) is 6.00. The van der Waals surface area contributed by atoms with E-state index in [1.807, 2.05) is 0 Å². The van der Waals surface area contributed by atoms with Crippen molar-refractivity contribution in [2.75, 3.05) is 0 Å². The Hall–Kier alpha value is -2.03. The number of halogens is 2. The Morgan fingerprint density at radius 3 is 1.89 bits per heavy atom. The lowest BCUT2D eigenvalue weighted by Gasteiger charge is -2.23. The fourth-order valence-electron chi connectivity index (χ4n) is 2.07. The largest absolute Gasteiger partial charge is 0.302 e. The van der Waals surface area contributed by atoms with Gasteiger partial charge in [-0.05, 0) is 48.7 Å². The Labute approximate surface area is 110 Å². The molecule has 1 nitrogen and oxygen atoms in total. The van der Waals surface area contributed by atoms with Crippen LogP contribution >= 0.6 is 0 Å². The number of benzene rings is 2. The van der Waals surface area contributed by atoms with Crippen molar-refractivity contribution in [3.05, 3.63) is 71.3 Å². The van der Waals surface area contributed by atoms with Crippen LogP contribution in [0.2, 0.25) is 0 Å². The lowest BCUT2D eigenvalue weighted by Crippen LogP contribution is -2.26. The van der Waals surface area contributed by atoms with E-state index < -0.39 is 5.41 Å². The molecule has 1 unspecified atom stereocenters. The minimum Gasteiger partial charge on any atom is -0.302 e. The Kier molecular flexibility index (Phi) is 3.74. The van der Waals surface area contributed by atoms with E-state index >= 15 is 0 Å². The van der Waals surface area contributed by atoms with Crippen LogP contribution in [0.25, 0.3) is 0 Å². The standard InChI is InChI=1S/C16H14F2O/c1-16(11-19,13-4-8-15(18)9-5-13)10-12-2-6-14(17)7-3-12/h2-9,11H,10H2,1H3. The zero-order valence-electron chi connectivity index (χ0n) is 10.6. The van der Waals surface area contributed by atoms with Gasteiger partial charge in [0.25, 0.3) is 0 Å². The molecule has 0 aromatic heterocycles. The zero-order chi connectivity index (χ0) is 13.9. The average Bonchev–Trinajstić information content (AvgIpc) is 2.42. The van der Waals surface area contributed by atoms with E-state index in [2.05, 4.69) is 0 Å². The van der Waals surface area contributed by atoms with E-state index in [9.17, 15) is 13.6 Å². The first-order chi connectivity index (χ1) is 9.03. The predicted molar refractivity (Wildman–Crippen MR) is 69.9 cm³/mol. The highest BCUT2D eigenvalue weighted by atomic mass is 19.1. The van der Waals surface area contributed by atoms with Crippen LogP contribution < -0.4 is 0 Å². The summed E-state index contributed by atoms with van der Waals surface area (Å²) in [6, 6.07) is 11.9. The second-order valence-corrected chi connectivity index (χ2v) is 4.85. The van der Waals surface area contributed by atoms with Crippen LogP contribution in [-0.4, -0.2) is 6.29 Å². The molecule has 0 bridgehead atoms. The summed E-state index contributed by atoms with van der Waals surface area (Å²) >= 11 is 0. The van der Waals surface area contributed by atoms with Crippen LogP contribution in [0.3, 0.4) is 0 Å². The van der Waals surface area contributed by atoms with Crippen LogP contribution in [0.5, 0.6) is 0 Å². The van der Waals surface area contributed by atoms with E-state index in [1.54, 1.807) is 31.2 Å². The van der Waals surface area contributed by atoms with Gasteiger partial charge in [-0.1, -0.05) is 24.3 Å². The van der Waals surface area contributed by atoms with E-state index in [4.69, 9.17) is 0 Å². The van der Waals surface area contributed by atoms with Crippen LogP contribution in [0.1, 0.15) is 18.1 Å². The van der Waals surface area contributed by atoms with Gasteiger partial charge in [0.15, 0.2) is 0 Å². The van der Waals surface area contributed by atoms with Crippen LogP contribution in [0, 0.1) is 11.6 Å². The Bertz CT molecular complexity index is 560. The lowest BCUT2D eigenvalue weighted by atomic mass is 9.78. The summed E-state index contributed by atoms with van der Waals surface area (Å²) in [5.74, 6) is -0.642. The molecule has 2 aromatic rings. The maximum atomic E-state index is 12.9. The molecule has 0 heterocycles. The van der Waals surface area contributed by atoms with Crippen molar-refractivity contribution in [2.24, 2.45) is 0 Å². The molecule has 0 radical (unpaired) electrons. The number of carbonyl (C=O) groups is 1. The summed E-state index contributed by atoms with van der Waals surface area (Å²) in [6.07, 6.45) is 1.30.